The molecule has 0 heterocycles. The van der Waals surface area contributed by atoms with Crippen LogP contribution in [0.4, 0.5) is 0 Å². The Labute approximate surface area is 138 Å². The number of hydrogen-bond acceptors (Lipinski definition) is 3. The Morgan fingerprint density at radius 1 is 0.864 bits per heavy atom. The number of hydrogen-bond donors (Lipinski definition) is 0. The topological polar surface area (TPSA) is 35.5 Å². The molecule has 0 spiro atoms. The minimum atomic E-state index is -2.86. The lowest BCUT2D eigenvalue weighted by molar-refractivity contribution is 0.159. The standard InChI is InChI=1S/C18H37O3P/c1-3-5-7-8-12-15-20-22(19,16-6-4-2)21-17-18-13-10-9-11-14-18/h18H,3-17H2,1-2H3. The van der Waals surface area contributed by atoms with E-state index >= 15 is 0 Å². The van der Waals surface area contributed by atoms with Gasteiger partial charge in [0.25, 0.3) is 0 Å². The quantitative estimate of drug-likeness (QED) is 0.283. The Morgan fingerprint density at radius 3 is 2.23 bits per heavy atom. The van der Waals surface area contributed by atoms with Gasteiger partial charge in [-0.25, -0.2) is 0 Å². The van der Waals surface area contributed by atoms with E-state index in [1.165, 1.54) is 57.8 Å². The van der Waals surface area contributed by atoms with Gasteiger partial charge in [0.15, 0.2) is 0 Å². The predicted octanol–water partition coefficient (Wildman–Crippen LogP) is 6.56. The van der Waals surface area contributed by atoms with Crippen LogP contribution in [-0.2, 0) is 13.6 Å². The number of unbranched alkanes of at least 4 members (excludes halogenated alkanes) is 5. The zero-order chi connectivity index (χ0) is 16.1. The molecule has 0 aromatic carbocycles. The van der Waals surface area contributed by atoms with Crippen LogP contribution >= 0.6 is 7.60 Å². The highest BCUT2D eigenvalue weighted by Gasteiger charge is 2.26. The zero-order valence-electron chi connectivity index (χ0n) is 14.9. The summed E-state index contributed by atoms with van der Waals surface area (Å²) in [5.41, 5.74) is 0. The smallest absolute Gasteiger partial charge is 0.309 e. The Kier molecular flexibility index (Phi) is 11.5. The highest BCUT2D eigenvalue weighted by molar-refractivity contribution is 7.53. The lowest BCUT2D eigenvalue weighted by atomic mass is 9.90. The van der Waals surface area contributed by atoms with Crippen molar-refractivity contribution in [3.8, 4) is 0 Å². The van der Waals surface area contributed by atoms with Crippen molar-refractivity contribution in [1.29, 1.82) is 0 Å². The molecule has 0 aromatic heterocycles. The van der Waals surface area contributed by atoms with Crippen LogP contribution in [0.25, 0.3) is 0 Å². The van der Waals surface area contributed by atoms with Gasteiger partial charge in [-0.15, -0.1) is 0 Å². The molecule has 1 atom stereocenters. The maximum Gasteiger partial charge on any atom is 0.330 e. The second kappa shape index (κ2) is 12.6. The Bertz CT molecular complexity index is 301. The fraction of sp³-hybridized carbons (Fsp3) is 1.00. The normalized spacial score (nSPS) is 19.2. The largest absolute Gasteiger partial charge is 0.330 e. The first kappa shape index (κ1) is 20.2. The molecule has 4 heteroatoms. The highest BCUT2D eigenvalue weighted by atomic mass is 31.2. The van der Waals surface area contributed by atoms with Crippen molar-refractivity contribution >= 4 is 7.60 Å². The van der Waals surface area contributed by atoms with Gasteiger partial charge in [-0.1, -0.05) is 65.2 Å². The van der Waals surface area contributed by atoms with Crippen molar-refractivity contribution in [2.45, 2.75) is 90.9 Å². The Balaban J connectivity index is 2.27. The maximum atomic E-state index is 12.9. The average Bonchev–Trinajstić information content (AvgIpc) is 2.55. The van der Waals surface area contributed by atoms with E-state index in [1.807, 2.05) is 0 Å². The van der Waals surface area contributed by atoms with E-state index in [2.05, 4.69) is 13.8 Å². The summed E-state index contributed by atoms with van der Waals surface area (Å²) >= 11 is 0. The lowest BCUT2D eigenvalue weighted by Crippen LogP contribution is -2.14. The molecule has 1 rings (SSSR count). The fourth-order valence-corrected chi connectivity index (χ4v) is 4.88. The lowest BCUT2D eigenvalue weighted by Gasteiger charge is -2.25. The summed E-state index contributed by atoms with van der Waals surface area (Å²) in [6.07, 6.45) is 14.9. The third-order valence-electron chi connectivity index (χ3n) is 4.55. The zero-order valence-corrected chi connectivity index (χ0v) is 15.8. The molecule has 3 nitrogen and oxygen atoms in total. The van der Waals surface area contributed by atoms with Crippen molar-refractivity contribution in [1.82, 2.24) is 0 Å². The molecule has 0 aromatic rings. The summed E-state index contributed by atoms with van der Waals surface area (Å²) < 4.78 is 24.4. The molecular weight excluding hydrogens is 295 g/mol. The molecule has 0 aliphatic heterocycles. The van der Waals surface area contributed by atoms with Crippen LogP contribution in [0.5, 0.6) is 0 Å². The van der Waals surface area contributed by atoms with Crippen molar-refractivity contribution < 1.29 is 13.6 Å². The molecule has 1 saturated carbocycles. The molecule has 0 bridgehead atoms. The van der Waals surface area contributed by atoms with E-state index in [1.54, 1.807) is 0 Å². The van der Waals surface area contributed by atoms with E-state index in [9.17, 15) is 4.57 Å². The summed E-state index contributed by atoms with van der Waals surface area (Å²) in [6.45, 7) is 5.57. The van der Waals surface area contributed by atoms with Crippen LogP contribution in [0.2, 0.25) is 0 Å². The molecule has 1 aliphatic carbocycles. The molecule has 0 radical (unpaired) electrons. The molecule has 22 heavy (non-hydrogen) atoms. The first-order valence-electron chi connectivity index (χ1n) is 9.58. The molecule has 1 aliphatic rings. The third kappa shape index (κ3) is 9.33. The second-order valence-electron chi connectivity index (χ2n) is 6.74. The van der Waals surface area contributed by atoms with Gasteiger partial charge in [-0.3, -0.25) is 4.57 Å². The van der Waals surface area contributed by atoms with E-state index in [0.717, 1.165) is 19.3 Å². The molecule has 0 N–H and O–H groups in total. The van der Waals surface area contributed by atoms with Crippen molar-refractivity contribution in [3.63, 3.8) is 0 Å². The van der Waals surface area contributed by atoms with E-state index < -0.39 is 7.60 Å². The minimum Gasteiger partial charge on any atom is -0.309 e. The van der Waals surface area contributed by atoms with Gasteiger partial charge < -0.3 is 9.05 Å². The van der Waals surface area contributed by atoms with Crippen LogP contribution in [0.3, 0.4) is 0 Å². The summed E-state index contributed by atoms with van der Waals surface area (Å²) in [6, 6.07) is 0. The SMILES string of the molecule is CCCCCCCOP(=O)(CCCC)OCC1CCCCC1. The first-order valence-corrected chi connectivity index (χ1v) is 11.3. The maximum absolute atomic E-state index is 12.9. The van der Waals surface area contributed by atoms with Gasteiger partial charge in [0.05, 0.1) is 19.4 Å². The van der Waals surface area contributed by atoms with Crippen LogP contribution in [0.15, 0.2) is 0 Å². The average molecular weight is 332 g/mol. The summed E-state index contributed by atoms with van der Waals surface area (Å²) in [5.74, 6) is 0.594. The molecule has 1 fully saturated rings. The predicted molar refractivity (Wildman–Crippen MR) is 94.6 cm³/mol. The molecular formula is C18H37O3P. The second-order valence-corrected chi connectivity index (χ2v) is 8.92. The molecule has 0 saturated heterocycles. The van der Waals surface area contributed by atoms with Crippen LogP contribution < -0.4 is 0 Å². The summed E-state index contributed by atoms with van der Waals surface area (Å²) in [7, 11) is -2.86. The van der Waals surface area contributed by atoms with Crippen molar-refractivity contribution in [3.05, 3.63) is 0 Å². The van der Waals surface area contributed by atoms with Crippen molar-refractivity contribution in [2.75, 3.05) is 19.4 Å². The van der Waals surface area contributed by atoms with Gasteiger partial charge in [0, 0.05) is 0 Å². The molecule has 1 unspecified atom stereocenters. The molecule has 132 valence electrons. The van der Waals surface area contributed by atoms with E-state index in [-0.39, 0.29) is 0 Å². The van der Waals surface area contributed by atoms with Gasteiger partial charge in [-0.2, -0.15) is 0 Å². The summed E-state index contributed by atoms with van der Waals surface area (Å²) in [5, 5.41) is 0. The Hall–Kier alpha value is 0.150. The third-order valence-corrected chi connectivity index (χ3v) is 6.54. The van der Waals surface area contributed by atoms with Gasteiger partial charge >= 0.3 is 7.60 Å². The van der Waals surface area contributed by atoms with E-state index in [4.69, 9.17) is 9.05 Å². The van der Waals surface area contributed by atoms with Crippen LogP contribution in [0.1, 0.15) is 90.9 Å². The van der Waals surface area contributed by atoms with Gasteiger partial charge in [0.2, 0.25) is 0 Å². The molecule has 0 amide bonds. The monoisotopic (exact) mass is 332 g/mol. The minimum absolute atomic E-state index is 0.588. The highest BCUT2D eigenvalue weighted by Crippen LogP contribution is 2.50. The number of rotatable bonds is 13. The van der Waals surface area contributed by atoms with Crippen LogP contribution in [0, 0.1) is 5.92 Å². The van der Waals surface area contributed by atoms with Crippen molar-refractivity contribution in [2.24, 2.45) is 5.92 Å². The first-order chi connectivity index (χ1) is 10.7. The Morgan fingerprint density at radius 2 is 1.55 bits per heavy atom. The van der Waals surface area contributed by atoms with Crippen LogP contribution in [-0.4, -0.2) is 19.4 Å². The van der Waals surface area contributed by atoms with E-state index in [0.29, 0.717) is 25.3 Å². The van der Waals surface area contributed by atoms with Gasteiger partial charge in [-0.05, 0) is 31.6 Å². The van der Waals surface area contributed by atoms with Gasteiger partial charge in [0.1, 0.15) is 0 Å². The fourth-order valence-electron chi connectivity index (χ4n) is 3.00. The summed E-state index contributed by atoms with van der Waals surface area (Å²) in [4.78, 5) is 0.